The van der Waals surface area contributed by atoms with Gasteiger partial charge in [0.15, 0.2) is 0 Å². The summed E-state index contributed by atoms with van der Waals surface area (Å²) in [5.41, 5.74) is 1.90. The van der Waals surface area contributed by atoms with Crippen LogP contribution in [0.5, 0.6) is 0 Å². The van der Waals surface area contributed by atoms with Gasteiger partial charge in [0.2, 0.25) is 0 Å². The summed E-state index contributed by atoms with van der Waals surface area (Å²) in [6, 6.07) is 12.0. The predicted octanol–water partition coefficient (Wildman–Crippen LogP) is 2.73. The Labute approximate surface area is 98.9 Å². The molecule has 0 aliphatic carbocycles. The van der Waals surface area contributed by atoms with Crippen LogP contribution in [-0.4, -0.2) is 9.78 Å². The van der Waals surface area contributed by atoms with Crippen LogP contribution in [0, 0.1) is 11.3 Å². The number of hydrogen-bond acceptors (Lipinski definition) is 2. The van der Waals surface area contributed by atoms with Crippen LogP contribution in [0.15, 0.2) is 42.7 Å². The Morgan fingerprint density at radius 2 is 2.12 bits per heavy atom. The van der Waals surface area contributed by atoms with Gasteiger partial charge >= 0.3 is 0 Å². The third kappa shape index (κ3) is 2.41. The molecule has 1 heterocycles. The number of nitrogens with zero attached hydrogens (tertiary/aromatic N) is 3. The van der Waals surface area contributed by atoms with Gasteiger partial charge < -0.3 is 0 Å². The molecular weight excluding hydrogens is 222 g/mol. The second-order valence-electron chi connectivity index (χ2n) is 3.45. The van der Waals surface area contributed by atoms with Crippen LogP contribution in [0.25, 0.3) is 0 Å². The van der Waals surface area contributed by atoms with Gasteiger partial charge in [-0.2, -0.15) is 10.4 Å². The fourth-order valence-electron chi connectivity index (χ4n) is 1.44. The van der Waals surface area contributed by atoms with E-state index in [1.807, 2.05) is 36.4 Å². The Bertz CT molecular complexity index is 498. The van der Waals surface area contributed by atoms with Crippen molar-refractivity contribution in [2.45, 2.75) is 11.9 Å². The lowest BCUT2D eigenvalue weighted by atomic mass is 10.2. The molecule has 0 aliphatic heterocycles. The average Bonchev–Trinajstić information content (AvgIpc) is 2.78. The Hall–Kier alpha value is -1.79. The molecule has 0 aliphatic rings. The Morgan fingerprint density at radius 1 is 1.38 bits per heavy atom. The molecule has 2 aromatic rings. The standard InChI is InChI=1S/C12H10ClN3/c13-12(6-14)11-7-15-16(9-11)8-10-4-2-1-3-5-10/h1-5,7,9,12H,8H2. The minimum atomic E-state index is -0.621. The second kappa shape index (κ2) is 4.82. The molecule has 16 heavy (non-hydrogen) atoms. The highest BCUT2D eigenvalue weighted by atomic mass is 35.5. The summed E-state index contributed by atoms with van der Waals surface area (Å²) in [5.74, 6) is 0. The number of alkyl halides is 1. The van der Waals surface area contributed by atoms with Crippen LogP contribution in [0.2, 0.25) is 0 Å². The van der Waals surface area contributed by atoms with Crippen molar-refractivity contribution < 1.29 is 0 Å². The van der Waals surface area contributed by atoms with Crippen LogP contribution >= 0.6 is 11.6 Å². The highest BCUT2D eigenvalue weighted by molar-refractivity contribution is 6.22. The lowest BCUT2D eigenvalue weighted by Gasteiger charge is -2.00. The molecule has 4 heteroatoms. The van der Waals surface area contributed by atoms with Gasteiger partial charge in [0.25, 0.3) is 0 Å². The highest BCUT2D eigenvalue weighted by Crippen LogP contribution is 2.18. The monoisotopic (exact) mass is 231 g/mol. The molecule has 2 rings (SSSR count). The molecule has 80 valence electrons. The van der Waals surface area contributed by atoms with Crippen molar-refractivity contribution in [2.75, 3.05) is 0 Å². The SMILES string of the molecule is N#CC(Cl)c1cnn(Cc2ccccc2)c1. The Balaban J connectivity index is 2.12. The Kier molecular flexibility index (Phi) is 3.23. The number of hydrogen-bond donors (Lipinski definition) is 0. The lowest BCUT2D eigenvalue weighted by Crippen LogP contribution is -1.99. The van der Waals surface area contributed by atoms with Crippen molar-refractivity contribution >= 4 is 11.6 Å². The molecule has 0 N–H and O–H groups in total. The molecule has 1 unspecified atom stereocenters. The van der Waals surface area contributed by atoms with Crippen molar-refractivity contribution in [3.63, 3.8) is 0 Å². The van der Waals surface area contributed by atoms with Gasteiger partial charge in [0, 0.05) is 11.8 Å². The first-order chi connectivity index (χ1) is 7.79. The third-order valence-corrected chi connectivity index (χ3v) is 2.60. The van der Waals surface area contributed by atoms with E-state index in [0.29, 0.717) is 6.54 Å². The molecule has 0 spiro atoms. The summed E-state index contributed by atoms with van der Waals surface area (Å²) in [7, 11) is 0. The zero-order chi connectivity index (χ0) is 11.4. The lowest BCUT2D eigenvalue weighted by molar-refractivity contribution is 0.686. The maximum Gasteiger partial charge on any atom is 0.148 e. The van der Waals surface area contributed by atoms with Crippen molar-refractivity contribution in [3.8, 4) is 6.07 Å². The minimum Gasteiger partial charge on any atom is -0.268 e. The van der Waals surface area contributed by atoms with Gasteiger partial charge in [-0.05, 0) is 5.56 Å². The summed E-state index contributed by atoms with van der Waals surface area (Å²) in [6.07, 6.45) is 3.43. The molecule has 1 aromatic carbocycles. The van der Waals surface area contributed by atoms with Gasteiger partial charge in [0.05, 0.1) is 18.8 Å². The average molecular weight is 232 g/mol. The number of nitriles is 1. The second-order valence-corrected chi connectivity index (χ2v) is 3.88. The van der Waals surface area contributed by atoms with Gasteiger partial charge in [-0.15, -0.1) is 11.6 Å². The van der Waals surface area contributed by atoms with E-state index in [0.717, 1.165) is 5.56 Å². The van der Waals surface area contributed by atoms with E-state index in [2.05, 4.69) is 5.10 Å². The quantitative estimate of drug-likeness (QED) is 0.763. The van der Waals surface area contributed by atoms with E-state index in [4.69, 9.17) is 16.9 Å². The summed E-state index contributed by atoms with van der Waals surface area (Å²) in [4.78, 5) is 0. The highest BCUT2D eigenvalue weighted by Gasteiger charge is 2.08. The van der Waals surface area contributed by atoms with E-state index in [9.17, 15) is 0 Å². The molecule has 1 atom stereocenters. The van der Waals surface area contributed by atoms with E-state index >= 15 is 0 Å². The zero-order valence-corrected chi connectivity index (χ0v) is 9.30. The van der Waals surface area contributed by atoms with Crippen molar-refractivity contribution in [1.29, 1.82) is 5.26 Å². The molecule has 0 amide bonds. The van der Waals surface area contributed by atoms with Gasteiger partial charge in [-0.1, -0.05) is 30.3 Å². The molecule has 3 nitrogen and oxygen atoms in total. The summed E-state index contributed by atoms with van der Waals surface area (Å²) in [6.45, 7) is 0.690. The fraction of sp³-hybridized carbons (Fsp3) is 0.167. The first kappa shape index (κ1) is 10.7. The molecular formula is C12H10ClN3. The molecule has 0 saturated carbocycles. The maximum atomic E-state index is 8.67. The first-order valence-corrected chi connectivity index (χ1v) is 5.33. The van der Waals surface area contributed by atoms with Gasteiger partial charge in [-0.25, -0.2) is 0 Å². The van der Waals surface area contributed by atoms with Crippen LogP contribution < -0.4 is 0 Å². The fourth-order valence-corrected chi connectivity index (χ4v) is 1.55. The van der Waals surface area contributed by atoms with Crippen molar-refractivity contribution in [1.82, 2.24) is 9.78 Å². The van der Waals surface area contributed by atoms with Gasteiger partial charge in [0.1, 0.15) is 5.38 Å². The van der Waals surface area contributed by atoms with Crippen molar-refractivity contribution in [3.05, 3.63) is 53.9 Å². The van der Waals surface area contributed by atoms with E-state index in [1.54, 1.807) is 17.1 Å². The molecule has 1 aromatic heterocycles. The Morgan fingerprint density at radius 3 is 2.81 bits per heavy atom. The number of benzene rings is 1. The summed E-state index contributed by atoms with van der Waals surface area (Å²) >= 11 is 5.79. The minimum absolute atomic E-state index is 0.621. The largest absolute Gasteiger partial charge is 0.268 e. The topological polar surface area (TPSA) is 41.6 Å². The third-order valence-electron chi connectivity index (χ3n) is 2.25. The first-order valence-electron chi connectivity index (χ1n) is 4.89. The van der Waals surface area contributed by atoms with E-state index < -0.39 is 5.38 Å². The number of rotatable bonds is 3. The molecule has 0 bridgehead atoms. The molecule has 0 saturated heterocycles. The van der Waals surface area contributed by atoms with Crippen molar-refractivity contribution in [2.24, 2.45) is 0 Å². The van der Waals surface area contributed by atoms with Crippen LogP contribution in [0.3, 0.4) is 0 Å². The maximum absolute atomic E-state index is 8.67. The van der Waals surface area contributed by atoms with Gasteiger partial charge in [-0.3, -0.25) is 4.68 Å². The summed E-state index contributed by atoms with van der Waals surface area (Å²) < 4.78 is 1.78. The molecule has 0 fully saturated rings. The van der Waals surface area contributed by atoms with Crippen LogP contribution in [0.1, 0.15) is 16.5 Å². The number of halogens is 1. The summed E-state index contributed by atoms with van der Waals surface area (Å²) in [5, 5.41) is 12.2. The molecule has 0 radical (unpaired) electrons. The number of aromatic nitrogens is 2. The van der Waals surface area contributed by atoms with E-state index in [-0.39, 0.29) is 0 Å². The predicted molar refractivity (Wildman–Crippen MR) is 62.0 cm³/mol. The smallest absolute Gasteiger partial charge is 0.148 e. The van der Waals surface area contributed by atoms with Crippen LogP contribution in [0.4, 0.5) is 0 Å². The van der Waals surface area contributed by atoms with Crippen LogP contribution in [-0.2, 0) is 6.54 Å². The zero-order valence-electron chi connectivity index (χ0n) is 8.55. The van der Waals surface area contributed by atoms with E-state index in [1.165, 1.54) is 5.56 Å². The normalized spacial score (nSPS) is 12.0.